The van der Waals surface area contributed by atoms with Crippen molar-refractivity contribution in [2.24, 2.45) is 5.73 Å². The predicted molar refractivity (Wildman–Crippen MR) is 203 cm³/mol. The summed E-state index contributed by atoms with van der Waals surface area (Å²) in [6.07, 6.45) is 35.0. The van der Waals surface area contributed by atoms with Gasteiger partial charge in [-0.05, 0) is 64.2 Å². The fraction of sp³-hybridized carbons (Fsp3) is 0.769. The second-order valence-electron chi connectivity index (χ2n) is 13.1. The number of carboxylic acids is 1. The van der Waals surface area contributed by atoms with Crippen LogP contribution in [0.3, 0.4) is 0 Å². The first kappa shape index (κ1) is 48.7. The monoisotopic (exact) mass is 743 g/mol. The molecule has 0 aliphatic carbocycles. The smallest absolute Gasteiger partial charge is 0.472 e. The number of aliphatic carboxylic acids is 1. The summed E-state index contributed by atoms with van der Waals surface area (Å²) in [7, 11) is -4.72. The van der Waals surface area contributed by atoms with Gasteiger partial charge < -0.3 is 25.2 Å². The van der Waals surface area contributed by atoms with Crippen LogP contribution in [0.2, 0.25) is 0 Å². The molecule has 296 valence electrons. The van der Waals surface area contributed by atoms with E-state index in [1.807, 2.05) is 0 Å². The van der Waals surface area contributed by atoms with Crippen molar-refractivity contribution in [3.63, 3.8) is 0 Å². The Morgan fingerprint density at radius 2 is 1.06 bits per heavy atom. The highest BCUT2D eigenvalue weighted by molar-refractivity contribution is 7.47. The third-order valence-corrected chi connectivity index (χ3v) is 9.06. The molecule has 0 radical (unpaired) electrons. The topological polar surface area (TPSA) is 172 Å². The standard InChI is InChI=1S/C39H70NO10P/c1-3-5-7-9-11-13-15-17-19-21-23-25-27-29-31-38(42)50-35(33-48-51(45,46)49-34-36(40)39(43)44)32-47-37(41)30-28-26-24-22-20-18-16-14-12-10-8-6-4-2/h9,11,15,17-18,20,35-36H,3-8,10,12-14,16,19,21-34,40H2,1-2H3,(H,43,44)(H,45,46)/b11-9+,17-15+,20-18+/t35-,36+/m1/s1. The molecule has 0 spiro atoms. The van der Waals surface area contributed by atoms with Gasteiger partial charge in [-0.3, -0.25) is 23.4 Å². The van der Waals surface area contributed by atoms with Gasteiger partial charge in [0.15, 0.2) is 6.10 Å². The maximum absolute atomic E-state index is 12.6. The molecule has 51 heavy (non-hydrogen) atoms. The molecule has 0 aromatic heterocycles. The first-order valence-electron chi connectivity index (χ1n) is 19.5. The summed E-state index contributed by atoms with van der Waals surface area (Å²) in [6.45, 7) is 2.70. The number of carboxylic acid groups (broad SMARTS) is 1. The number of hydrogen-bond acceptors (Lipinski definition) is 9. The first-order chi connectivity index (χ1) is 24.6. The van der Waals surface area contributed by atoms with Gasteiger partial charge in [-0.1, -0.05) is 121 Å². The van der Waals surface area contributed by atoms with Gasteiger partial charge in [0.2, 0.25) is 0 Å². The third-order valence-electron chi connectivity index (χ3n) is 8.11. The molecule has 0 aliphatic rings. The fourth-order valence-electron chi connectivity index (χ4n) is 4.96. The third kappa shape index (κ3) is 34.5. The Morgan fingerprint density at radius 3 is 1.63 bits per heavy atom. The molecule has 1 unspecified atom stereocenters. The molecular weight excluding hydrogens is 673 g/mol. The Bertz CT molecular complexity index is 1020. The lowest BCUT2D eigenvalue weighted by molar-refractivity contribution is -0.161. The van der Waals surface area contributed by atoms with Gasteiger partial charge >= 0.3 is 25.7 Å². The quantitative estimate of drug-likeness (QED) is 0.0241. The molecule has 11 nitrogen and oxygen atoms in total. The Hall–Kier alpha value is -2.30. The minimum atomic E-state index is -4.72. The second kappa shape index (κ2) is 34.8. The van der Waals surface area contributed by atoms with Crippen LogP contribution < -0.4 is 5.73 Å². The SMILES string of the molecule is CCCC/C=C/C/C=C/CCCCCCCC(=O)O[C@H](COC(=O)CCCCC/C=C/CCCCCCCC)COP(=O)(O)OC[C@H](N)C(=O)O. The van der Waals surface area contributed by atoms with Crippen LogP contribution in [0, 0.1) is 0 Å². The molecule has 0 rings (SSSR count). The van der Waals surface area contributed by atoms with Crippen molar-refractivity contribution in [3.8, 4) is 0 Å². The molecule has 4 N–H and O–H groups in total. The number of rotatable bonds is 36. The van der Waals surface area contributed by atoms with Crippen LogP contribution >= 0.6 is 7.82 Å². The minimum Gasteiger partial charge on any atom is -0.480 e. The number of hydrogen-bond donors (Lipinski definition) is 3. The minimum absolute atomic E-state index is 0.142. The normalized spacial score (nSPS) is 14.3. The van der Waals surface area contributed by atoms with E-state index in [4.69, 9.17) is 24.8 Å². The zero-order valence-corrected chi connectivity index (χ0v) is 32.6. The van der Waals surface area contributed by atoms with Crippen LogP contribution in [0.1, 0.15) is 162 Å². The Balaban J connectivity index is 4.49. The van der Waals surface area contributed by atoms with Crippen molar-refractivity contribution in [2.75, 3.05) is 19.8 Å². The van der Waals surface area contributed by atoms with Crippen LogP contribution in [-0.2, 0) is 37.5 Å². The maximum atomic E-state index is 12.6. The average Bonchev–Trinajstić information content (AvgIpc) is 3.10. The Labute approximate surface area is 308 Å². The van der Waals surface area contributed by atoms with Gasteiger partial charge in [0.25, 0.3) is 0 Å². The molecule has 0 fully saturated rings. The van der Waals surface area contributed by atoms with Crippen molar-refractivity contribution in [3.05, 3.63) is 36.5 Å². The molecule has 3 atom stereocenters. The summed E-state index contributed by atoms with van der Waals surface area (Å²) < 4.78 is 32.5. The highest BCUT2D eigenvalue weighted by Crippen LogP contribution is 2.43. The van der Waals surface area contributed by atoms with Crippen molar-refractivity contribution < 1.29 is 47.5 Å². The second-order valence-corrected chi connectivity index (χ2v) is 14.5. The zero-order chi connectivity index (χ0) is 37.8. The van der Waals surface area contributed by atoms with E-state index in [9.17, 15) is 23.8 Å². The lowest BCUT2D eigenvalue weighted by atomic mass is 10.1. The Kier molecular flexibility index (Phi) is 33.2. The summed E-state index contributed by atoms with van der Waals surface area (Å²) in [5.74, 6) is -2.42. The number of phosphoric ester groups is 1. The van der Waals surface area contributed by atoms with Gasteiger partial charge in [0.1, 0.15) is 12.6 Å². The summed E-state index contributed by atoms with van der Waals surface area (Å²) in [5.41, 5.74) is 5.31. The molecule has 0 saturated heterocycles. The van der Waals surface area contributed by atoms with Gasteiger partial charge in [0, 0.05) is 12.8 Å². The first-order valence-corrected chi connectivity index (χ1v) is 21.0. The number of phosphoric acid groups is 1. The van der Waals surface area contributed by atoms with Crippen molar-refractivity contribution in [1.29, 1.82) is 0 Å². The molecule has 0 heterocycles. The Morgan fingerprint density at radius 1 is 0.608 bits per heavy atom. The lowest BCUT2D eigenvalue weighted by Crippen LogP contribution is -2.34. The molecule has 0 aromatic carbocycles. The predicted octanol–water partition coefficient (Wildman–Crippen LogP) is 9.67. The van der Waals surface area contributed by atoms with Crippen LogP contribution in [0.5, 0.6) is 0 Å². The van der Waals surface area contributed by atoms with Crippen LogP contribution in [0.15, 0.2) is 36.5 Å². The summed E-state index contributed by atoms with van der Waals surface area (Å²) >= 11 is 0. The van der Waals surface area contributed by atoms with E-state index in [1.54, 1.807) is 0 Å². The number of carbonyl (C=O) groups is 3. The molecule has 0 amide bonds. The van der Waals surface area contributed by atoms with E-state index in [1.165, 1.54) is 51.4 Å². The van der Waals surface area contributed by atoms with Crippen LogP contribution in [0.4, 0.5) is 0 Å². The van der Waals surface area contributed by atoms with Gasteiger partial charge in [-0.15, -0.1) is 0 Å². The number of allylic oxidation sites excluding steroid dienone is 6. The van der Waals surface area contributed by atoms with Crippen molar-refractivity contribution in [2.45, 2.75) is 174 Å². The fourth-order valence-corrected chi connectivity index (χ4v) is 5.73. The van der Waals surface area contributed by atoms with E-state index < -0.39 is 51.1 Å². The average molecular weight is 744 g/mol. The zero-order valence-electron chi connectivity index (χ0n) is 31.7. The number of unbranched alkanes of at least 4 members (excludes halogenated alkanes) is 16. The van der Waals surface area contributed by atoms with Gasteiger partial charge in [0.05, 0.1) is 13.2 Å². The summed E-state index contributed by atoms with van der Waals surface area (Å²) in [6, 6.07) is -1.52. The van der Waals surface area contributed by atoms with Crippen LogP contribution in [0.25, 0.3) is 0 Å². The van der Waals surface area contributed by atoms with Gasteiger partial charge in [-0.25, -0.2) is 4.57 Å². The molecule has 0 aliphatic heterocycles. The van der Waals surface area contributed by atoms with E-state index >= 15 is 0 Å². The van der Waals surface area contributed by atoms with Gasteiger partial charge in [-0.2, -0.15) is 0 Å². The summed E-state index contributed by atoms with van der Waals surface area (Å²) in [5, 5.41) is 8.86. The van der Waals surface area contributed by atoms with E-state index in [-0.39, 0.29) is 19.4 Å². The van der Waals surface area contributed by atoms with Crippen LogP contribution in [-0.4, -0.2) is 59.9 Å². The van der Waals surface area contributed by atoms with E-state index in [0.717, 1.165) is 70.6 Å². The highest BCUT2D eigenvalue weighted by atomic mass is 31.2. The maximum Gasteiger partial charge on any atom is 0.472 e. The lowest BCUT2D eigenvalue weighted by Gasteiger charge is -2.20. The molecular formula is C39H70NO10P. The van der Waals surface area contributed by atoms with Crippen molar-refractivity contribution in [1.82, 2.24) is 0 Å². The summed E-state index contributed by atoms with van der Waals surface area (Å²) in [4.78, 5) is 45.7. The molecule has 12 heteroatoms. The largest absolute Gasteiger partial charge is 0.480 e. The van der Waals surface area contributed by atoms with E-state index in [2.05, 4.69) is 54.8 Å². The molecule has 0 bridgehead atoms. The van der Waals surface area contributed by atoms with Crippen molar-refractivity contribution >= 4 is 25.7 Å². The highest BCUT2D eigenvalue weighted by Gasteiger charge is 2.28. The number of carbonyl (C=O) groups excluding carboxylic acids is 2. The van der Waals surface area contributed by atoms with E-state index in [0.29, 0.717) is 12.8 Å². The number of esters is 2. The molecule has 0 aromatic rings. The molecule has 0 saturated carbocycles. The number of nitrogens with two attached hydrogens (primary N) is 1. The number of ether oxygens (including phenoxy) is 2.